The lowest BCUT2D eigenvalue weighted by Gasteiger charge is -2.29. The molecule has 1 saturated carbocycles. The third-order valence-electron chi connectivity index (χ3n) is 7.18. The highest BCUT2D eigenvalue weighted by atomic mass is 19.4. The first-order valence-electron chi connectivity index (χ1n) is 13.3. The molecule has 3 amide bonds. The minimum absolute atomic E-state index is 0.231. The van der Waals surface area contributed by atoms with Crippen molar-refractivity contribution in [2.45, 2.75) is 57.3 Å². The Kier molecular flexibility index (Phi) is 8.79. The van der Waals surface area contributed by atoms with Gasteiger partial charge in [0, 0.05) is 36.4 Å². The van der Waals surface area contributed by atoms with Gasteiger partial charge in [-0.2, -0.15) is 13.2 Å². The Morgan fingerprint density at radius 2 is 1.66 bits per heavy atom. The highest BCUT2D eigenvalue weighted by molar-refractivity contribution is 6.20. The molecule has 4 rings (SSSR count). The minimum Gasteiger partial charge on any atom is -0.369 e. The molecule has 3 atom stereocenters. The molecule has 41 heavy (non-hydrogen) atoms. The monoisotopic (exact) mass is 578 g/mol. The maximum atomic E-state index is 14.2. The second-order valence-electron chi connectivity index (χ2n) is 10.7. The first-order chi connectivity index (χ1) is 19.2. The van der Waals surface area contributed by atoms with Gasteiger partial charge in [0.2, 0.25) is 23.9 Å². The van der Waals surface area contributed by atoms with Gasteiger partial charge in [0.05, 0.1) is 17.3 Å². The molecule has 1 aliphatic carbocycles. The zero-order valence-electron chi connectivity index (χ0n) is 22.3. The van der Waals surface area contributed by atoms with Crippen molar-refractivity contribution in [2.24, 2.45) is 28.5 Å². The lowest BCUT2D eigenvalue weighted by atomic mass is 9.83. The van der Waals surface area contributed by atoms with Crippen LogP contribution in [0.5, 0.6) is 0 Å². The number of nitrogens with two attached hydrogens (primary N) is 1. The lowest BCUT2D eigenvalue weighted by Crippen LogP contribution is -2.51. The van der Waals surface area contributed by atoms with Crippen molar-refractivity contribution in [3.05, 3.63) is 65.7 Å². The van der Waals surface area contributed by atoms with Crippen LogP contribution in [0, 0.1) is 17.8 Å². The maximum Gasteiger partial charge on any atom is 0.389 e. The summed E-state index contributed by atoms with van der Waals surface area (Å²) >= 11 is 0. The maximum absolute atomic E-state index is 14.2. The Balaban J connectivity index is 1.74. The number of carbonyl (C=O) groups excluding carboxylic acids is 3. The number of nitrogens with zero attached hydrogens (tertiary/aromatic N) is 2. The van der Waals surface area contributed by atoms with Gasteiger partial charge in [-0.25, -0.2) is 13.8 Å². The molecule has 0 unspecified atom stereocenters. The van der Waals surface area contributed by atoms with Gasteiger partial charge >= 0.3 is 6.18 Å². The van der Waals surface area contributed by atoms with Gasteiger partial charge in [0.15, 0.2) is 0 Å². The molecule has 0 bridgehead atoms. The number of hydrogen-bond acceptors (Lipinski definition) is 4. The van der Waals surface area contributed by atoms with Crippen molar-refractivity contribution < 1.29 is 36.3 Å². The molecule has 1 aliphatic heterocycles. The number of aliphatic imine (C=N–C) groups is 1. The number of alkyl halides is 5. The van der Waals surface area contributed by atoms with E-state index >= 15 is 0 Å². The third kappa shape index (κ3) is 7.89. The third-order valence-corrected chi connectivity index (χ3v) is 7.18. The first kappa shape index (κ1) is 30.1. The largest absolute Gasteiger partial charge is 0.389 e. The van der Waals surface area contributed by atoms with E-state index in [-0.39, 0.29) is 5.92 Å². The molecule has 2 aromatic carbocycles. The quantitative estimate of drug-likeness (QED) is 0.373. The zero-order valence-corrected chi connectivity index (χ0v) is 22.3. The number of primary amides is 1. The fourth-order valence-electron chi connectivity index (χ4n) is 5.00. The minimum atomic E-state index is -4.70. The van der Waals surface area contributed by atoms with Gasteiger partial charge in [0.25, 0.3) is 5.91 Å². The van der Waals surface area contributed by atoms with Crippen LogP contribution in [-0.4, -0.2) is 48.2 Å². The Hall–Kier alpha value is -3.83. The van der Waals surface area contributed by atoms with Gasteiger partial charge in [-0.3, -0.25) is 14.4 Å². The lowest BCUT2D eigenvalue weighted by molar-refractivity contribution is -0.148. The van der Waals surface area contributed by atoms with Crippen LogP contribution >= 0.6 is 0 Å². The zero-order chi connectivity index (χ0) is 29.9. The first-order valence-corrected chi connectivity index (χ1v) is 13.3. The summed E-state index contributed by atoms with van der Waals surface area (Å²) in [6.07, 6.45) is -8.18. The summed E-state index contributed by atoms with van der Waals surface area (Å²) in [5.41, 5.74) is 7.47. The number of benzene rings is 2. The molecular formula is C29H31F5N4O3. The van der Waals surface area contributed by atoms with Crippen LogP contribution in [0.15, 0.2) is 59.6 Å². The SMILES string of the molecule is CC(F)(F)C[C@H](C(=O)N[C@H]1N=C(c2ccccc2)c2ccccc2N(CC2CC2)C1=O)[C@@H](CCC(F)(F)F)C(N)=O. The summed E-state index contributed by atoms with van der Waals surface area (Å²) in [6, 6.07) is 15.9. The van der Waals surface area contributed by atoms with Gasteiger partial charge in [-0.05, 0) is 38.2 Å². The number of anilines is 1. The van der Waals surface area contributed by atoms with E-state index in [9.17, 15) is 36.3 Å². The Bertz CT molecular complexity index is 1310. The molecule has 3 N–H and O–H groups in total. The summed E-state index contributed by atoms with van der Waals surface area (Å²) in [4.78, 5) is 45.6. The van der Waals surface area contributed by atoms with Gasteiger partial charge < -0.3 is 16.0 Å². The second kappa shape index (κ2) is 12.0. The molecule has 0 aromatic heterocycles. The van der Waals surface area contributed by atoms with Crippen molar-refractivity contribution in [2.75, 3.05) is 11.4 Å². The normalized spacial score (nSPS) is 19.1. The predicted molar refractivity (Wildman–Crippen MR) is 142 cm³/mol. The molecule has 0 spiro atoms. The van der Waals surface area contributed by atoms with Crippen LogP contribution in [0.25, 0.3) is 0 Å². The number of para-hydroxylation sites is 1. The van der Waals surface area contributed by atoms with E-state index in [1.165, 1.54) is 4.90 Å². The molecule has 2 aromatic rings. The van der Waals surface area contributed by atoms with Crippen LogP contribution in [0.3, 0.4) is 0 Å². The highest BCUT2D eigenvalue weighted by Gasteiger charge is 2.43. The number of hydrogen-bond donors (Lipinski definition) is 2. The smallest absolute Gasteiger partial charge is 0.369 e. The molecule has 12 heteroatoms. The molecule has 7 nitrogen and oxygen atoms in total. The van der Waals surface area contributed by atoms with Crippen LogP contribution in [0.2, 0.25) is 0 Å². The average molecular weight is 579 g/mol. The van der Waals surface area contributed by atoms with Gasteiger partial charge in [0.1, 0.15) is 0 Å². The second-order valence-corrected chi connectivity index (χ2v) is 10.7. The van der Waals surface area contributed by atoms with Crippen molar-refractivity contribution in [1.82, 2.24) is 5.32 Å². The summed E-state index contributed by atoms with van der Waals surface area (Å²) in [5, 5.41) is 2.38. The summed E-state index contributed by atoms with van der Waals surface area (Å²) in [5.74, 6) is -10.2. The standard InChI is InChI=1S/C29H31F5N4O3/c1-28(30,31)15-21(19(24(35)39)13-14-29(32,33)34)26(40)37-25-27(41)38(16-17-11-12-17)22-10-6-5-9-20(22)23(36-25)18-7-3-2-4-8-18/h2-10,17,19,21,25H,11-16H2,1H3,(H2,35,39)(H,37,40)/t19-,21+,25-/m1/s1. The Labute approximate surface area is 234 Å². The molecule has 1 heterocycles. The van der Waals surface area contributed by atoms with Crippen LogP contribution < -0.4 is 16.0 Å². The van der Waals surface area contributed by atoms with E-state index in [0.717, 1.165) is 12.8 Å². The number of nitrogens with one attached hydrogen (secondary N) is 1. The highest BCUT2D eigenvalue weighted by Crippen LogP contribution is 2.36. The molecule has 1 fully saturated rings. The Morgan fingerprint density at radius 3 is 2.24 bits per heavy atom. The van der Waals surface area contributed by atoms with Crippen LogP contribution in [0.1, 0.15) is 50.2 Å². The van der Waals surface area contributed by atoms with Crippen molar-refractivity contribution in [3.63, 3.8) is 0 Å². The van der Waals surface area contributed by atoms with Crippen LogP contribution in [0.4, 0.5) is 27.6 Å². The molecule has 0 saturated heterocycles. The number of carbonyl (C=O) groups is 3. The fourth-order valence-corrected chi connectivity index (χ4v) is 5.00. The van der Waals surface area contributed by atoms with E-state index < -0.39 is 67.1 Å². The molecule has 0 radical (unpaired) electrons. The van der Waals surface area contributed by atoms with Crippen LogP contribution in [-0.2, 0) is 14.4 Å². The molecular weight excluding hydrogens is 547 g/mol. The Morgan fingerprint density at radius 1 is 1.02 bits per heavy atom. The number of rotatable bonds is 11. The van der Waals surface area contributed by atoms with E-state index in [0.29, 0.717) is 36.0 Å². The molecule has 220 valence electrons. The van der Waals surface area contributed by atoms with E-state index in [4.69, 9.17) is 5.73 Å². The van der Waals surface area contributed by atoms with Gasteiger partial charge in [-0.15, -0.1) is 0 Å². The number of amides is 3. The van der Waals surface area contributed by atoms with Gasteiger partial charge in [-0.1, -0.05) is 48.5 Å². The van der Waals surface area contributed by atoms with E-state index in [2.05, 4.69) is 10.3 Å². The predicted octanol–water partition coefficient (Wildman–Crippen LogP) is 4.83. The van der Waals surface area contributed by atoms with Crippen molar-refractivity contribution >= 4 is 29.1 Å². The van der Waals surface area contributed by atoms with Crippen molar-refractivity contribution in [3.8, 4) is 0 Å². The average Bonchev–Trinajstić information content (AvgIpc) is 3.72. The molecule has 2 aliphatic rings. The van der Waals surface area contributed by atoms with E-state index in [1.807, 2.05) is 0 Å². The fraction of sp³-hybridized carbons (Fsp3) is 0.448. The number of fused-ring (bicyclic) bond motifs is 1. The topological polar surface area (TPSA) is 105 Å². The summed E-state index contributed by atoms with van der Waals surface area (Å²) in [6.45, 7) is 0.831. The van der Waals surface area contributed by atoms with Crippen molar-refractivity contribution in [1.29, 1.82) is 0 Å². The van der Waals surface area contributed by atoms with E-state index in [1.54, 1.807) is 54.6 Å². The summed E-state index contributed by atoms with van der Waals surface area (Å²) < 4.78 is 67.2. The number of halogens is 5. The number of benzodiazepines with no additional fused rings is 1. The summed E-state index contributed by atoms with van der Waals surface area (Å²) in [7, 11) is 0.